The monoisotopic (exact) mass is 448 g/mol. The number of hydrogen-bond donors (Lipinski definition) is 1. The quantitative estimate of drug-likeness (QED) is 0.664. The molecule has 2 aliphatic rings. The van der Waals surface area contributed by atoms with Crippen LogP contribution in [-0.4, -0.2) is 39.0 Å². The molecule has 32 heavy (non-hydrogen) atoms. The predicted octanol–water partition coefficient (Wildman–Crippen LogP) is 5.15. The molecule has 2 heterocycles. The van der Waals surface area contributed by atoms with E-state index in [1.54, 1.807) is 4.90 Å². The van der Waals surface area contributed by atoms with Crippen molar-refractivity contribution in [1.29, 1.82) is 0 Å². The van der Waals surface area contributed by atoms with Gasteiger partial charge in [-0.05, 0) is 43.0 Å². The molecule has 0 fully saturated rings. The highest BCUT2D eigenvalue weighted by Gasteiger charge is 2.43. The van der Waals surface area contributed by atoms with Crippen molar-refractivity contribution in [3.05, 3.63) is 59.7 Å². The highest BCUT2D eigenvalue weighted by molar-refractivity contribution is 8.15. The fraction of sp³-hybridized carbons (Fsp3) is 0.360. The number of aliphatic imine (C=N–C) groups is 2. The number of hydrogen-bond acceptors (Lipinski definition) is 5. The van der Waals surface area contributed by atoms with E-state index in [9.17, 15) is 9.59 Å². The number of nitrogens with one attached hydrogen (secondary N) is 1. The molecule has 0 unspecified atom stereocenters. The lowest BCUT2D eigenvalue weighted by atomic mass is 10.00. The Morgan fingerprint density at radius 3 is 2.56 bits per heavy atom. The lowest BCUT2D eigenvalue weighted by Gasteiger charge is -2.27. The summed E-state index contributed by atoms with van der Waals surface area (Å²) >= 11 is 1.33. The number of thioether (sulfide) groups is 1. The molecule has 0 saturated carbocycles. The van der Waals surface area contributed by atoms with E-state index in [-0.39, 0.29) is 17.7 Å². The van der Waals surface area contributed by atoms with Gasteiger partial charge in [0, 0.05) is 11.3 Å². The van der Waals surface area contributed by atoms with Crippen molar-refractivity contribution >= 4 is 46.0 Å². The molecule has 0 aromatic heterocycles. The maximum Gasteiger partial charge on any atom is 0.259 e. The van der Waals surface area contributed by atoms with E-state index in [4.69, 9.17) is 9.98 Å². The van der Waals surface area contributed by atoms with E-state index in [0.29, 0.717) is 17.4 Å². The Labute approximate surface area is 193 Å². The Kier molecular flexibility index (Phi) is 6.46. The molecule has 3 atom stereocenters. The second kappa shape index (κ2) is 9.28. The third-order valence-corrected chi connectivity index (χ3v) is 7.31. The number of rotatable bonds is 6. The standard InChI is InChI=1S/C25H28N4O2S/c1-5-15(3)21-24(31)29-22(28-21)17-12-8-10-14-19(17)27-25(29)32-20(6-2)23(30)26-18-13-9-7-11-16(18)4/h7-15,20-21H,5-6H2,1-4H3,(H,26,30)/t15-,20+,21+/m1/s1. The van der Waals surface area contributed by atoms with Gasteiger partial charge >= 0.3 is 0 Å². The van der Waals surface area contributed by atoms with Crippen LogP contribution in [0.25, 0.3) is 0 Å². The van der Waals surface area contributed by atoms with Gasteiger partial charge in [0.1, 0.15) is 11.9 Å². The minimum absolute atomic E-state index is 0.0655. The molecule has 0 saturated heterocycles. The van der Waals surface area contributed by atoms with Gasteiger partial charge in [-0.2, -0.15) is 0 Å². The molecule has 0 bridgehead atoms. The fourth-order valence-electron chi connectivity index (χ4n) is 3.82. The number of amidine groups is 2. The molecule has 2 amide bonds. The summed E-state index contributed by atoms with van der Waals surface area (Å²) in [6.45, 7) is 8.04. The maximum atomic E-state index is 13.4. The minimum atomic E-state index is -0.423. The molecular weight excluding hydrogens is 420 g/mol. The van der Waals surface area contributed by atoms with Gasteiger partial charge in [-0.25, -0.2) is 9.89 Å². The highest BCUT2D eigenvalue weighted by atomic mass is 32.2. The zero-order chi connectivity index (χ0) is 22.8. The number of fused-ring (bicyclic) bond motifs is 3. The largest absolute Gasteiger partial charge is 0.325 e. The zero-order valence-corrected chi connectivity index (χ0v) is 19.6. The van der Waals surface area contributed by atoms with Crippen LogP contribution in [0.5, 0.6) is 0 Å². The molecule has 0 radical (unpaired) electrons. The first-order valence-corrected chi connectivity index (χ1v) is 12.0. The van der Waals surface area contributed by atoms with Crippen LogP contribution in [0.1, 0.15) is 44.7 Å². The molecule has 2 aliphatic heterocycles. The van der Waals surface area contributed by atoms with Crippen molar-refractivity contribution in [2.75, 3.05) is 5.32 Å². The third-order valence-electron chi connectivity index (χ3n) is 6.00. The second-order valence-corrected chi connectivity index (χ2v) is 9.36. The third kappa shape index (κ3) is 4.09. The summed E-state index contributed by atoms with van der Waals surface area (Å²) in [7, 11) is 0. The van der Waals surface area contributed by atoms with Crippen molar-refractivity contribution in [2.45, 2.75) is 51.8 Å². The Morgan fingerprint density at radius 1 is 1.12 bits per heavy atom. The van der Waals surface area contributed by atoms with Crippen molar-refractivity contribution in [1.82, 2.24) is 4.90 Å². The van der Waals surface area contributed by atoms with E-state index >= 15 is 0 Å². The first-order chi connectivity index (χ1) is 15.4. The maximum absolute atomic E-state index is 13.4. The molecule has 166 valence electrons. The normalized spacial score (nSPS) is 18.9. The van der Waals surface area contributed by atoms with Gasteiger partial charge in [-0.15, -0.1) is 0 Å². The predicted molar refractivity (Wildman–Crippen MR) is 132 cm³/mol. The van der Waals surface area contributed by atoms with E-state index in [0.717, 1.165) is 28.9 Å². The van der Waals surface area contributed by atoms with Crippen LogP contribution >= 0.6 is 11.8 Å². The summed E-state index contributed by atoms with van der Waals surface area (Å²) < 4.78 is 0. The summed E-state index contributed by atoms with van der Waals surface area (Å²) in [5.74, 6) is 0.606. The van der Waals surface area contributed by atoms with Crippen LogP contribution in [0.3, 0.4) is 0 Å². The Balaban J connectivity index is 1.64. The van der Waals surface area contributed by atoms with Gasteiger partial charge in [0.05, 0.1) is 10.9 Å². The van der Waals surface area contributed by atoms with Gasteiger partial charge in [-0.3, -0.25) is 14.6 Å². The summed E-state index contributed by atoms with van der Waals surface area (Å²) in [6, 6.07) is 15.0. The first kappa shape index (κ1) is 22.3. The lowest BCUT2D eigenvalue weighted by molar-refractivity contribution is -0.125. The van der Waals surface area contributed by atoms with Crippen molar-refractivity contribution in [3.63, 3.8) is 0 Å². The molecule has 1 N–H and O–H groups in total. The number of aryl methyl sites for hydroxylation is 1. The fourth-order valence-corrected chi connectivity index (χ4v) is 4.84. The molecular formula is C25H28N4O2S. The van der Waals surface area contributed by atoms with E-state index in [1.165, 1.54) is 11.8 Å². The van der Waals surface area contributed by atoms with E-state index in [1.807, 2.05) is 69.3 Å². The number of amides is 2. The van der Waals surface area contributed by atoms with Gasteiger partial charge < -0.3 is 5.32 Å². The number of para-hydroxylation sites is 2. The molecule has 0 aliphatic carbocycles. The second-order valence-electron chi connectivity index (χ2n) is 8.19. The van der Waals surface area contributed by atoms with Gasteiger partial charge in [0.2, 0.25) is 5.91 Å². The number of carbonyl (C=O) groups excluding carboxylic acids is 2. The highest BCUT2D eigenvalue weighted by Crippen LogP contribution is 2.36. The van der Waals surface area contributed by atoms with Gasteiger partial charge in [0.15, 0.2) is 5.17 Å². The average molecular weight is 449 g/mol. The lowest BCUT2D eigenvalue weighted by Crippen LogP contribution is -2.43. The number of carbonyl (C=O) groups is 2. The van der Waals surface area contributed by atoms with Crippen LogP contribution in [0.4, 0.5) is 11.4 Å². The molecule has 2 aromatic carbocycles. The van der Waals surface area contributed by atoms with Crippen molar-refractivity contribution < 1.29 is 9.59 Å². The zero-order valence-electron chi connectivity index (χ0n) is 18.8. The number of nitrogens with zero attached hydrogens (tertiary/aromatic N) is 3. The molecule has 4 rings (SSSR count). The van der Waals surface area contributed by atoms with Crippen molar-refractivity contribution in [2.24, 2.45) is 15.9 Å². The van der Waals surface area contributed by atoms with E-state index in [2.05, 4.69) is 12.2 Å². The van der Waals surface area contributed by atoms with Crippen LogP contribution < -0.4 is 5.32 Å². The molecule has 2 aromatic rings. The van der Waals surface area contributed by atoms with Crippen LogP contribution in [-0.2, 0) is 9.59 Å². The summed E-state index contributed by atoms with van der Waals surface area (Å²) in [5, 5.41) is 3.15. The van der Waals surface area contributed by atoms with Gasteiger partial charge in [-0.1, -0.05) is 69.3 Å². The Hall–Kier alpha value is -2.93. The molecule has 7 heteroatoms. The summed E-state index contributed by atoms with van der Waals surface area (Å²) in [4.78, 5) is 37.6. The van der Waals surface area contributed by atoms with Crippen LogP contribution in [0.2, 0.25) is 0 Å². The summed E-state index contributed by atoms with van der Waals surface area (Å²) in [6.07, 6.45) is 1.46. The smallest absolute Gasteiger partial charge is 0.259 e. The average Bonchev–Trinajstić information content (AvgIpc) is 3.16. The number of anilines is 1. The minimum Gasteiger partial charge on any atom is -0.325 e. The summed E-state index contributed by atoms with van der Waals surface area (Å²) in [5.41, 5.74) is 3.43. The van der Waals surface area contributed by atoms with E-state index < -0.39 is 11.3 Å². The van der Waals surface area contributed by atoms with Crippen LogP contribution in [0, 0.1) is 12.8 Å². The Bertz CT molecular complexity index is 1110. The van der Waals surface area contributed by atoms with Crippen molar-refractivity contribution in [3.8, 4) is 0 Å². The van der Waals surface area contributed by atoms with Crippen LogP contribution in [0.15, 0.2) is 58.5 Å². The molecule has 0 spiro atoms. The number of benzene rings is 2. The van der Waals surface area contributed by atoms with Gasteiger partial charge in [0.25, 0.3) is 5.91 Å². The Morgan fingerprint density at radius 2 is 1.84 bits per heavy atom. The first-order valence-electron chi connectivity index (χ1n) is 11.1. The topological polar surface area (TPSA) is 74.1 Å². The SMILES string of the molecule is CC[C@H](SC1=Nc2ccccc2C2=N[C@@H]([C@H](C)CC)C(=O)N12)C(=O)Nc1ccccc1C. The molecule has 6 nitrogen and oxygen atoms in total.